The highest BCUT2D eigenvalue weighted by atomic mass is 19.1. The Hall–Kier alpha value is -6.51. The standard InChI is InChI=1S/C48H53F3O12/c1-33(36-16-22-39(49)23-17-36)46(55)58-28-10-4-7-13-43(52)61-31-42(63-45(54)15-9-6-12-30-60-48(57)35(3)38-20-26-41(51)27-21-38)32-62-44(53)14-8-5-11-29-59-47(56)34(2)37-18-24-40(50)25-19-37/h16-27,42H,1-15,28-32H2. The molecule has 63 heavy (non-hydrogen) atoms. The third-order valence-electron chi connectivity index (χ3n) is 9.25. The quantitative estimate of drug-likeness (QED) is 0.0283. The molecule has 3 aromatic carbocycles. The lowest BCUT2D eigenvalue weighted by molar-refractivity contribution is -0.167. The van der Waals surface area contributed by atoms with Crippen molar-refractivity contribution in [1.29, 1.82) is 0 Å². The second-order valence-electron chi connectivity index (χ2n) is 14.3. The van der Waals surface area contributed by atoms with Crippen LogP contribution in [-0.2, 0) is 57.2 Å². The number of hydrogen-bond donors (Lipinski definition) is 0. The number of ether oxygens (including phenoxy) is 6. The van der Waals surface area contributed by atoms with Crippen molar-refractivity contribution in [1.82, 2.24) is 0 Å². The minimum atomic E-state index is -1.09. The van der Waals surface area contributed by atoms with E-state index in [0.717, 1.165) is 0 Å². The van der Waals surface area contributed by atoms with E-state index in [1.54, 1.807) is 0 Å². The second kappa shape index (κ2) is 28.2. The smallest absolute Gasteiger partial charge is 0.338 e. The summed E-state index contributed by atoms with van der Waals surface area (Å²) in [6.45, 7) is 10.6. The Balaban J connectivity index is 1.36. The summed E-state index contributed by atoms with van der Waals surface area (Å²) in [5, 5.41) is 0. The molecule has 0 N–H and O–H groups in total. The van der Waals surface area contributed by atoms with Crippen LogP contribution in [0.1, 0.15) is 93.7 Å². The molecular weight excluding hydrogens is 826 g/mol. The monoisotopic (exact) mass is 878 g/mol. The Kier molecular flexibility index (Phi) is 22.7. The summed E-state index contributed by atoms with van der Waals surface area (Å²) >= 11 is 0. The third-order valence-corrected chi connectivity index (χ3v) is 9.25. The van der Waals surface area contributed by atoms with Crippen molar-refractivity contribution in [3.63, 3.8) is 0 Å². The van der Waals surface area contributed by atoms with Gasteiger partial charge in [-0.2, -0.15) is 0 Å². The van der Waals surface area contributed by atoms with E-state index in [1.807, 2.05) is 0 Å². The Bertz CT molecular complexity index is 1910. The lowest BCUT2D eigenvalue weighted by atomic mass is 10.1. The van der Waals surface area contributed by atoms with E-state index < -0.39 is 59.4 Å². The predicted octanol–water partition coefficient (Wildman–Crippen LogP) is 8.85. The summed E-state index contributed by atoms with van der Waals surface area (Å²) < 4.78 is 71.3. The van der Waals surface area contributed by atoms with Crippen LogP contribution in [0, 0.1) is 17.5 Å². The van der Waals surface area contributed by atoms with Gasteiger partial charge in [-0.3, -0.25) is 14.4 Å². The molecule has 0 fully saturated rings. The fourth-order valence-electron chi connectivity index (χ4n) is 5.58. The van der Waals surface area contributed by atoms with Crippen molar-refractivity contribution in [2.75, 3.05) is 33.0 Å². The van der Waals surface area contributed by atoms with Crippen LogP contribution in [0.4, 0.5) is 13.2 Å². The zero-order valence-electron chi connectivity index (χ0n) is 35.2. The highest BCUT2D eigenvalue weighted by Crippen LogP contribution is 2.18. The molecule has 3 aromatic rings. The SMILES string of the molecule is C=C(C(=O)OCCCCCC(=O)OCC(COC(=O)CCCCCOC(=O)C(=C)c1ccc(F)cc1)OC(=O)CCCCCOC(=O)C(=C)c1ccc(F)cc1)c1ccc(F)cc1. The summed E-state index contributed by atoms with van der Waals surface area (Å²) in [5.41, 5.74) is 1.58. The summed E-state index contributed by atoms with van der Waals surface area (Å²) in [7, 11) is 0. The Morgan fingerprint density at radius 2 is 0.683 bits per heavy atom. The highest BCUT2D eigenvalue weighted by Gasteiger charge is 2.20. The van der Waals surface area contributed by atoms with Crippen LogP contribution in [0.25, 0.3) is 16.7 Å². The molecule has 0 atom stereocenters. The van der Waals surface area contributed by atoms with Gasteiger partial charge in [-0.05, 0) is 111 Å². The maximum absolute atomic E-state index is 13.2. The van der Waals surface area contributed by atoms with E-state index >= 15 is 0 Å². The Morgan fingerprint density at radius 3 is 0.984 bits per heavy atom. The molecule has 0 bridgehead atoms. The van der Waals surface area contributed by atoms with Gasteiger partial charge >= 0.3 is 35.8 Å². The van der Waals surface area contributed by atoms with Crippen molar-refractivity contribution in [3.8, 4) is 0 Å². The van der Waals surface area contributed by atoms with Gasteiger partial charge in [0, 0.05) is 19.3 Å². The van der Waals surface area contributed by atoms with Crippen LogP contribution in [-0.4, -0.2) is 75.0 Å². The van der Waals surface area contributed by atoms with Crippen LogP contribution < -0.4 is 0 Å². The third kappa shape index (κ3) is 20.3. The van der Waals surface area contributed by atoms with Gasteiger partial charge in [0.05, 0.1) is 36.5 Å². The van der Waals surface area contributed by atoms with Crippen molar-refractivity contribution < 1.29 is 70.4 Å². The minimum absolute atomic E-state index is 0.0156. The molecule has 0 aliphatic heterocycles. The first-order chi connectivity index (χ1) is 30.2. The molecule has 12 nitrogen and oxygen atoms in total. The van der Waals surface area contributed by atoms with E-state index in [4.69, 9.17) is 28.4 Å². The largest absolute Gasteiger partial charge is 0.462 e. The molecule has 0 saturated heterocycles. The van der Waals surface area contributed by atoms with E-state index in [2.05, 4.69) is 19.7 Å². The van der Waals surface area contributed by atoms with Gasteiger partial charge in [0.25, 0.3) is 0 Å². The molecule has 3 rings (SSSR count). The molecule has 0 radical (unpaired) electrons. The fraction of sp³-hybridized carbons (Fsp3) is 0.375. The highest BCUT2D eigenvalue weighted by molar-refractivity contribution is 6.16. The van der Waals surface area contributed by atoms with E-state index in [0.29, 0.717) is 74.5 Å². The van der Waals surface area contributed by atoms with Crippen molar-refractivity contribution >= 4 is 52.5 Å². The summed E-state index contributed by atoms with van der Waals surface area (Å²) in [4.78, 5) is 74.6. The number of benzene rings is 3. The average molecular weight is 879 g/mol. The topological polar surface area (TPSA) is 158 Å². The molecular formula is C48H53F3O12. The first kappa shape index (κ1) is 50.8. The molecule has 0 aromatic heterocycles. The molecule has 15 heteroatoms. The average Bonchev–Trinajstić information content (AvgIpc) is 3.27. The van der Waals surface area contributed by atoms with Crippen LogP contribution in [0.2, 0.25) is 0 Å². The summed E-state index contributed by atoms with van der Waals surface area (Å²) in [5.74, 6) is -5.04. The maximum Gasteiger partial charge on any atom is 0.338 e. The number of carbonyl (C=O) groups excluding carboxylic acids is 6. The predicted molar refractivity (Wildman–Crippen MR) is 226 cm³/mol. The van der Waals surface area contributed by atoms with Crippen molar-refractivity contribution in [2.24, 2.45) is 0 Å². The first-order valence-electron chi connectivity index (χ1n) is 20.6. The summed E-state index contributed by atoms with van der Waals surface area (Å²) in [6.07, 6.45) is 3.05. The summed E-state index contributed by atoms with van der Waals surface area (Å²) in [6, 6.07) is 15.8. The van der Waals surface area contributed by atoms with Crippen LogP contribution in [0.5, 0.6) is 0 Å². The zero-order chi connectivity index (χ0) is 46.0. The first-order valence-corrected chi connectivity index (χ1v) is 20.6. The van der Waals surface area contributed by atoms with E-state index in [1.165, 1.54) is 72.8 Å². The number of rotatable bonds is 29. The normalized spacial score (nSPS) is 10.7. The number of halogens is 3. The molecule has 338 valence electrons. The molecule has 0 aliphatic carbocycles. The lowest BCUT2D eigenvalue weighted by Gasteiger charge is -2.18. The zero-order valence-corrected chi connectivity index (χ0v) is 35.2. The number of unbranched alkanes of at least 4 members (excludes halogenated alkanes) is 6. The second-order valence-corrected chi connectivity index (χ2v) is 14.3. The Labute approximate surface area is 365 Å². The minimum Gasteiger partial charge on any atom is -0.462 e. The molecule has 0 heterocycles. The molecule has 0 spiro atoms. The van der Waals surface area contributed by atoms with Crippen LogP contribution in [0.15, 0.2) is 92.5 Å². The number of carbonyl (C=O) groups is 6. The Morgan fingerprint density at radius 1 is 0.397 bits per heavy atom. The lowest BCUT2D eigenvalue weighted by Crippen LogP contribution is -2.30. The van der Waals surface area contributed by atoms with Gasteiger partial charge in [0.15, 0.2) is 6.10 Å². The van der Waals surface area contributed by atoms with Crippen LogP contribution in [0.3, 0.4) is 0 Å². The molecule has 0 aliphatic rings. The fourth-order valence-corrected chi connectivity index (χ4v) is 5.58. The maximum atomic E-state index is 13.2. The number of hydrogen-bond acceptors (Lipinski definition) is 12. The van der Waals surface area contributed by atoms with Gasteiger partial charge in [0.2, 0.25) is 0 Å². The van der Waals surface area contributed by atoms with Gasteiger partial charge in [0.1, 0.15) is 30.7 Å². The van der Waals surface area contributed by atoms with Crippen molar-refractivity contribution in [3.05, 3.63) is 127 Å². The van der Waals surface area contributed by atoms with Crippen LogP contribution >= 0.6 is 0 Å². The molecule has 0 unspecified atom stereocenters. The van der Waals surface area contributed by atoms with Gasteiger partial charge in [-0.15, -0.1) is 0 Å². The number of esters is 6. The van der Waals surface area contributed by atoms with Crippen molar-refractivity contribution in [2.45, 2.75) is 83.2 Å². The van der Waals surface area contributed by atoms with Gasteiger partial charge in [-0.25, -0.2) is 27.6 Å². The van der Waals surface area contributed by atoms with E-state index in [9.17, 15) is 41.9 Å². The van der Waals surface area contributed by atoms with E-state index in [-0.39, 0.29) is 69.0 Å². The van der Waals surface area contributed by atoms with Gasteiger partial charge < -0.3 is 28.4 Å². The van der Waals surface area contributed by atoms with Gasteiger partial charge in [-0.1, -0.05) is 56.1 Å². The molecule has 0 saturated carbocycles. The molecule has 0 amide bonds.